The van der Waals surface area contributed by atoms with Gasteiger partial charge in [0.1, 0.15) is 36.4 Å². The maximum atomic E-state index is 12.9. The molecule has 4 aromatic carbocycles. The molecule has 7 heteroatoms. The van der Waals surface area contributed by atoms with E-state index in [0.717, 1.165) is 11.1 Å². The quantitative estimate of drug-likeness (QED) is 0.172. The Morgan fingerprint density at radius 2 is 1.58 bits per heavy atom. The standard InChI is InChI=1S/C31H24Cl2N2O3/c1-21-5-7-22(8-6-21)19-37-29-12-10-28(11-13-29)35-31(36)25(18-34)16-24-17-27(33)9-14-30(24)38-20-23-3-2-4-26(32)15-23/h2-17H,19-20H2,1H3,(H,35,36)/b25-16+. The largest absolute Gasteiger partial charge is 0.489 e. The molecule has 0 heterocycles. The van der Waals surface area contributed by atoms with Gasteiger partial charge in [0, 0.05) is 21.3 Å². The van der Waals surface area contributed by atoms with Gasteiger partial charge in [-0.15, -0.1) is 0 Å². The number of nitrogens with one attached hydrogen (secondary N) is 1. The lowest BCUT2D eigenvalue weighted by Crippen LogP contribution is -2.13. The first-order chi connectivity index (χ1) is 18.4. The lowest BCUT2D eigenvalue weighted by atomic mass is 10.1. The van der Waals surface area contributed by atoms with Crippen LogP contribution in [-0.4, -0.2) is 5.91 Å². The second-order valence-corrected chi connectivity index (χ2v) is 9.40. The van der Waals surface area contributed by atoms with E-state index in [1.54, 1.807) is 54.6 Å². The zero-order valence-corrected chi connectivity index (χ0v) is 22.1. The Labute approximate surface area is 231 Å². The highest BCUT2D eigenvalue weighted by Gasteiger charge is 2.13. The lowest BCUT2D eigenvalue weighted by molar-refractivity contribution is -0.112. The number of halogens is 2. The van der Waals surface area contributed by atoms with Gasteiger partial charge in [-0.2, -0.15) is 5.26 Å². The van der Waals surface area contributed by atoms with Gasteiger partial charge in [0.25, 0.3) is 5.91 Å². The third kappa shape index (κ3) is 7.63. The van der Waals surface area contributed by atoms with Crippen LogP contribution < -0.4 is 14.8 Å². The molecule has 0 radical (unpaired) electrons. The van der Waals surface area contributed by atoms with Crippen molar-refractivity contribution in [1.82, 2.24) is 0 Å². The Morgan fingerprint density at radius 3 is 2.29 bits per heavy atom. The average molecular weight is 543 g/mol. The summed E-state index contributed by atoms with van der Waals surface area (Å²) in [6.07, 6.45) is 1.45. The molecule has 0 aliphatic carbocycles. The SMILES string of the molecule is Cc1ccc(COc2ccc(NC(=O)/C(C#N)=C/c3cc(Cl)ccc3OCc3cccc(Cl)c3)cc2)cc1. The zero-order chi connectivity index (χ0) is 26.9. The highest BCUT2D eigenvalue weighted by atomic mass is 35.5. The van der Waals surface area contributed by atoms with Gasteiger partial charge < -0.3 is 14.8 Å². The zero-order valence-electron chi connectivity index (χ0n) is 20.6. The van der Waals surface area contributed by atoms with Gasteiger partial charge in [-0.25, -0.2) is 0 Å². The molecular weight excluding hydrogens is 519 g/mol. The molecule has 38 heavy (non-hydrogen) atoms. The first-order valence-corrected chi connectivity index (χ1v) is 12.5. The molecule has 0 spiro atoms. The van der Waals surface area contributed by atoms with Crippen molar-refractivity contribution in [3.8, 4) is 17.6 Å². The van der Waals surface area contributed by atoms with Crippen LogP contribution in [-0.2, 0) is 18.0 Å². The summed E-state index contributed by atoms with van der Waals surface area (Å²) in [4.78, 5) is 12.9. The molecule has 4 aromatic rings. The number of ether oxygens (including phenoxy) is 2. The van der Waals surface area contributed by atoms with Crippen molar-refractivity contribution in [1.29, 1.82) is 5.26 Å². The second-order valence-electron chi connectivity index (χ2n) is 8.52. The summed E-state index contributed by atoms with van der Waals surface area (Å²) in [5, 5.41) is 13.5. The van der Waals surface area contributed by atoms with Crippen LogP contribution in [0.3, 0.4) is 0 Å². The Kier molecular flexibility index (Phi) is 9.05. The number of rotatable bonds is 9. The minimum absolute atomic E-state index is 0.0976. The van der Waals surface area contributed by atoms with E-state index in [2.05, 4.69) is 5.32 Å². The van der Waals surface area contributed by atoms with Crippen molar-refractivity contribution in [3.63, 3.8) is 0 Å². The van der Waals surface area contributed by atoms with E-state index in [4.69, 9.17) is 32.7 Å². The van der Waals surface area contributed by atoms with Crippen LogP contribution in [0.4, 0.5) is 5.69 Å². The summed E-state index contributed by atoms with van der Waals surface area (Å²) in [7, 11) is 0. The Morgan fingerprint density at radius 1 is 0.868 bits per heavy atom. The third-order valence-electron chi connectivity index (χ3n) is 5.56. The van der Waals surface area contributed by atoms with E-state index in [1.807, 2.05) is 49.4 Å². The van der Waals surface area contributed by atoms with Gasteiger partial charge in [0.2, 0.25) is 0 Å². The average Bonchev–Trinajstić information content (AvgIpc) is 2.91. The molecule has 1 N–H and O–H groups in total. The number of nitriles is 1. The molecule has 0 saturated carbocycles. The fourth-order valence-electron chi connectivity index (χ4n) is 3.54. The fourth-order valence-corrected chi connectivity index (χ4v) is 3.93. The van der Waals surface area contributed by atoms with Crippen molar-refractivity contribution in [2.24, 2.45) is 0 Å². The molecule has 190 valence electrons. The molecule has 0 aliphatic heterocycles. The molecule has 0 bridgehead atoms. The molecule has 0 atom stereocenters. The number of aryl methyl sites for hydroxylation is 1. The lowest BCUT2D eigenvalue weighted by Gasteiger charge is -2.11. The molecule has 0 saturated heterocycles. The maximum Gasteiger partial charge on any atom is 0.266 e. The number of carbonyl (C=O) groups excluding carboxylic acids is 1. The molecule has 5 nitrogen and oxygen atoms in total. The van der Waals surface area contributed by atoms with Crippen LogP contribution >= 0.6 is 23.2 Å². The summed E-state index contributed by atoms with van der Waals surface area (Å²) < 4.78 is 11.7. The van der Waals surface area contributed by atoms with Gasteiger partial charge in [-0.1, -0.05) is 65.2 Å². The van der Waals surface area contributed by atoms with Gasteiger partial charge >= 0.3 is 0 Å². The molecule has 1 amide bonds. The molecule has 0 unspecified atom stereocenters. The highest BCUT2D eigenvalue weighted by molar-refractivity contribution is 6.31. The summed E-state index contributed by atoms with van der Waals surface area (Å²) in [5.41, 5.74) is 4.07. The fraction of sp³-hybridized carbons (Fsp3) is 0.0968. The Bertz CT molecular complexity index is 1490. The topological polar surface area (TPSA) is 71.3 Å². The van der Waals surface area contributed by atoms with Crippen molar-refractivity contribution < 1.29 is 14.3 Å². The van der Waals surface area contributed by atoms with Crippen LogP contribution in [0.25, 0.3) is 6.08 Å². The third-order valence-corrected chi connectivity index (χ3v) is 6.03. The molecule has 0 aromatic heterocycles. The van der Waals surface area contributed by atoms with Crippen LogP contribution in [0.15, 0.2) is 96.6 Å². The van der Waals surface area contributed by atoms with Gasteiger partial charge in [-0.3, -0.25) is 4.79 Å². The number of amides is 1. The van der Waals surface area contributed by atoms with Crippen molar-refractivity contribution in [2.75, 3.05) is 5.32 Å². The first-order valence-electron chi connectivity index (χ1n) is 11.8. The minimum atomic E-state index is -0.554. The number of nitrogens with zero attached hydrogens (tertiary/aromatic N) is 1. The Hall–Kier alpha value is -4.24. The van der Waals surface area contributed by atoms with Crippen LogP contribution in [0.2, 0.25) is 10.0 Å². The minimum Gasteiger partial charge on any atom is -0.489 e. The highest BCUT2D eigenvalue weighted by Crippen LogP contribution is 2.27. The van der Waals surface area contributed by atoms with Crippen molar-refractivity contribution in [2.45, 2.75) is 20.1 Å². The number of hydrogen-bond acceptors (Lipinski definition) is 4. The summed E-state index contributed by atoms with van der Waals surface area (Å²) in [5.74, 6) is 0.589. The van der Waals surface area contributed by atoms with E-state index < -0.39 is 5.91 Å². The van der Waals surface area contributed by atoms with E-state index in [1.165, 1.54) is 11.6 Å². The summed E-state index contributed by atoms with van der Waals surface area (Å²) in [6.45, 7) is 2.74. The van der Waals surface area contributed by atoms with Gasteiger partial charge in [0.15, 0.2) is 0 Å². The van der Waals surface area contributed by atoms with Crippen LogP contribution in [0.5, 0.6) is 11.5 Å². The van der Waals surface area contributed by atoms with Crippen LogP contribution in [0.1, 0.15) is 22.3 Å². The number of carbonyl (C=O) groups is 1. The van der Waals surface area contributed by atoms with E-state index in [9.17, 15) is 10.1 Å². The molecule has 0 aliphatic rings. The monoisotopic (exact) mass is 542 g/mol. The van der Waals surface area contributed by atoms with Crippen LogP contribution in [0, 0.1) is 18.3 Å². The predicted octanol–water partition coefficient (Wildman–Crippen LogP) is 8.01. The second kappa shape index (κ2) is 12.8. The normalized spacial score (nSPS) is 10.9. The van der Waals surface area contributed by atoms with E-state index >= 15 is 0 Å². The number of benzene rings is 4. The van der Waals surface area contributed by atoms with E-state index in [0.29, 0.717) is 39.4 Å². The first kappa shape index (κ1) is 26.8. The van der Waals surface area contributed by atoms with Crippen molar-refractivity contribution >= 4 is 40.9 Å². The Balaban J connectivity index is 1.42. The molecule has 0 fully saturated rings. The molecule has 4 rings (SSSR count). The smallest absolute Gasteiger partial charge is 0.266 e. The maximum absolute atomic E-state index is 12.9. The van der Waals surface area contributed by atoms with Crippen molar-refractivity contribution in [3.05, 3.63) is 129 Å². The predicted molar refractivity (Wildman–Crippen MR) is 151 cm³/mol. The van der Waals surface area contributed by atoms with E-state index in [-0.39, 0.29) is 12.2 Å². The number of anilines is 1. The van der Waals surface area contributed by atoms with Gasteiger partial charge in [-0.05, 0) is 78.7 Å². The summed E-state index contributed by atoms with van der Waals surface area (Å²) >= 11 is 12.2. The summed E-state index contributed by atoms with van der Waals surface area (Å²) in [6, 6.07) is 29.4. The molecular formula is C31H24Cl2N2O3. The van der Waals surface area contributed by atoms with Gasteiger partial charge in [0.05, 0.1) is 0 Å². The number of hydrogen-bond donors (Lipinski definition) is 1.